The zero-order chi connectivity index (χ0) is 18.4. The number of aromatic nitrogens is 3. The van der Waals surface area contributed by atoms with Gasteiger partial charge in [0.2, 0.25) is 0 Å². The molecule has 1 aromatic carbocycles. The summed E-state index contributed by atoms with van der Waals surface area (Å²) in [6, 6.07) is 8.40. The lowest BCUT2D eigenvalue weighted by Gasteiger charge is -2.14. The first-order chi connectivity index (χ1) is 11.7. The minimum absolute atomic E-state index is 0.106. The van der Waals surface area contributed by atoms with Gasteiger partial charge in [-0.1, -0.05) is 6.07 Å². The molecular weight excluding hydrogens is 335 g/mol. The SMILES string of the molecule is Cc1c(C#N)cccc1-n1c(=O)nc(N)c2ccc(C(F)(F)F)nc21. The second kappa shape index (κ2) is 5.59. The number of nitrogen functional groups attached to an aromatic ring is 1. The highest BCUT2D eigenvalue weighted by Gasteiger charge is 2.33. The van der Waals surface area contributed by atoms with E-state index < -0.39 is 17.6 Å². The van der Waals surface area contributed by atoms with Crippen LogP contribution in [0.15, 0.2) is 35.1 Å². The molecule has 25 heavy (non-hydrogen) atoms. The highest BCUT2D eigenvalue weighted by atomic mass is 19.4. The maximum Gasteiger partial charge on any atom is 0.433 e. The number of alkyl halides is 3. The third-order valence-electron chi connectivity index (χ3n) is 3.73. The van der Waals surface area contributed by atoms with Crippen molar-refractivity contribution in [3.63, 3.8) is 0 Å². The van der Waals surface area contributed by atoms with Crippen LogP contribution in [-0.2, 0) is 6.18 Å². The molecule has 9 heteroatoms. The van der Waals surface area contributed by atoms with Crippen LogP contribution in [0.4, 0.5) is 19.0 Å². The summed E-state index contributed by atoms with van der Waals surface area (Å²) in [5, 5.41) is 9.24. The molecule has 6 nitrogen and oxygen atoms in total. The Bertz CT molecular complexity index is 1100. The minimum Gasteiger partial charge on any atom is -0.383 e. The molecule has 0 unspecified atom stereocenters. The van der Waals surface area contributed by atoms with Crippen LogP contribution in [0.5, 0.6) is 0 Å². The van der Waals surface area contributed by atoms with Gasteiger partial charge in [0.25, 0.3) is 0 Å². The summed E-state index contributed by atoms with van der Waals surface area (Å²) >= 11 is 0. The van der Waals surface area contributed by atoms with Crippen molar-refractivity contribution < 1.29 is 13.2 Å². The number of halogens is 3. The van der Waals surface area contributed by atoms with Crippen molar-refractivity contribution >= 4 is 16.9 Å². The van der Waals surface area contributed by atoms with E-state index in [0.717, 1.165) is 16.7 Å². The van der Waals surface area contributed by atoms with Gasteiger partial charge in [0.05, 0.1) is 22.7 Å². The molecule has 0 radical (unpaired) electrons. The number of anilines is 1. The second-order valence-electron chi connectivity index (χ2n) is 5.24. The third-order valence-corrected chi connectivity index (χ3v) is 3.73. The standard InChI is InChI=1S/C16H10F3N5O/c1-8-9(7-20)3-2-4-11(8)24-14-10(13(21)23-15(24)25)5-6-12(22-14)16(17,18)19/h2-6H,1H3,(H2,21,23,25). The smallest absolute Gasteiger partial charge is 0.383 e. The predicted molar refractivity (Wildman–Crippen MR) is 84.0 cm³/mol. The fourth-order valence-electron chi connectivity index (χ4n) is 2.48. The Balaban J connectivity index is 2.47. The van der Waals surface area contributed by atoms with Gasteiger partial charge in [0, 0.05) is 0 Å². The van der Waals surface area contributed by atoms with Crippen molar-refractivity contribution in [3.8, 4) is 11.8 Å². The van der Waals surface area contributed by atoms with Gasteiger partial charge in [-0.3, -0.25) is 0 Å². The molecule has 0 fully saturated rings. The van der Waals surface area contributed by atoms with Gasteiger partial charge in [0.1, 0.15) is 11.5 Å². The number of benzene rings is 1. The molecule has 3 aromatic rings. The van der Waals surface area contributed by atoms with E-state index in [9.17, 15) is 18.0 Å². The number of hydrogen-bond acceptors (Lipinski definition) is 5. The van der Waals surface area contributed by atoms with Crippen LogP contribution in [0.25, 0.3) is 16.7 Å². The lowest BCUT2D eigenvalue weighted by atomic mass is 10.1. The summed E-state index contributed by atoms with van der Waals surface area (Å²) in [5.41, 5.74) is 4.26. The van der Waals surface area contributed by atoms with Crippen molar-refractivity contribution in [3.05, 3.63) is 57.6 Å². The molecule has 0 amide bonds. The highest BCUT2D eigenvalue weighted by molar-refractivity contribution is 5.86. The summed E-state index contributed by atoms with van der Waals surface area (Å²) in [5.74, 6) is -0.216. The maximum atomic E-state index is 13.0. The van der Waals surface area contributed by atoms with Crippen LogP contribution in [0, 0.1) is 18.3 Å². The van der Waals surface area contributed by atoms with Crippen LogP contribution in [0.1, 0.15) is 16.8 Å². The topological polar surface area (TPSA) is 97.6 Å². The van der Waals surface area contributed by atoms with E-state index >= 15 is 0 Å². The Kier molecular flexibility index (Phi) is 3.68. The van der Waals surface area contributed by atoms with Crippen LogP contribution in [0.2, 0.25) is 0 Å². The fourth-order valence-corrected chi connectivity index (χ4v) is 2.48. The molecule has 0 saturated carbocycles. The zero-order valence-corrected chi connectivity index (χ0v) is 12.8. The number of pyridine rings is 1. The molecule has 0 aliphatic heterocycles. The van der Waals surface area contributed by atoms with Crippen LogP contribution >= 0.6 is 0 Å². The van der Waals surface area contributed by atoms with Gasteiger partial charge in [-0.2, -0.15) is 23.4 Å². The lowest BCUT2D eigenvalue weighted by Crippen LogP contribution is -2.25. The van der Waals surface area contributed by atoms with Gasteiger partial charge >= 0.3 is 11.9 Å². The number of nitrogens with zero attached hydrogens (tertiary/aromatic N) is 4. The van der Waals surface area contributed by atoms with Gasteiger partial charge in [-0.25, -0.2) is 14.3 Å². The maximum absolute atomic E-state index is 13.0. The van der Waals surface area contributed by atoms with Crippen molar-refractivity contribution in [1.82, 2.24) is 14.5 Å². The van der Waals surface area contributed by atoms with E-state index in [1.165, 1.54) is 18.2 Å². The van der Waals surface area contributed by atoms with Crippen LogP contribution in [-0.4, -0.2) is 14.5 Å². The summed E-state index contributed by atoms with van der Waals surface area (Å²) in [6.45, 7) is 1.58. The van der Waals surface area contributed by atoms with Crippen LogP contribution < -0.4 is 11.4 Å². The molecule has 0 atom stereocenters. The summed E-state index contributed by atoms with van der Waals surface area (Å²) in [7, 11) is 0. The van der Waals surface area contributed by atoms with Gasteiger partial charge in [-0.05, 0) is 36.8 Å². The van der Waals surface area contributed by atoms with Gasteiger partial charge in [0.15, 0.2) is 5.65 Å². The van der Waals surface area contributed by atoms with Crippen molar-refractivity contribution in [2.45, 2.75) is 13.1 Å². The van der Waals surface area contributed by atoms with Crippen molar-refractivity contribution in [2.75, 3.05) is 5.73 Å². The predicted octanol–water partition coefficient (Wildman–Crippen LogP) is 2.56. The van der Waals surface area contributed by atoms with E-state index in [0.29, 0.717) is 5.56 Å². The normalized spacial score (nSPS) is 11.5. The molecule has 2 N–H and O–H groups in total. The molecule has 0 aliphatic rings. The van der Waals surface area contributed by atoms with E-state index in [1.807, 2.05) is 6.07 Å². The van der Waals surface area contributed by atoms with Gasteiger partial charge < -0.3 is 5.73 Å². The van der Waals surface area contributed by atoms with E-state index in [4.69, 9.17) is 11.0 Å². The second-order valence-corrected chi connectivity index (χ2v) is 5.24. The molecule has 126 valence electrons. The Morgan fingerprint density at radius 2 is 1.92 bits per heavy atom. The molecule has 2 aromatic heterocycles. The van der Waals surface area contributed by atoms with Crippen LogP contribution in [0.3, 0.4) is 0 Å². The summed E-state index contributed by atoms with van der Waals surface area (Å²) in [6.07, 6.45) is -4.68. The summed E-state index contributed by atoms with van der Waals surface area (Å²) < 4.78 is 40.0. The fraction of sp³-hybridized carbons (Fsp3) is 0.125. The molecule has 0 bridgehead atoms. The van der Waals surface area contributed by atoms with Crippen molar-refractivity contribution in [1.29, 1.82) is 5.26 Å². The molecule has 0 aliphatic carbocycles. The number of fused-ring (bicyclic) bond motifs is 1. The van der Waals surface area contributed by atoms with Crippen molar-refractivity contribution in [2.24, 2.45) is 0 Å². The highest BCUT2D eigenvalue weighted by Crippen LogP contribution is 2.30. The van der Waals surface area contributed by atoms with Gasteiger partial charge in [-0.15, -0.1) is 0 Å². The molecule has 3 rings (SSSR count). The largest absolute Gasteiger partial charge is 0.433 e. The van der Waals surface area contributed by atoms with E-state index in [-0.39, 0.29) is 28.1 Å². The monoisotopic (exact) mass is 345 g/mol. The Morgan fingerprint density at radius 3 is 2.56 bits per heavy atom. The number of rotatable bonds is 1. The Morgan fingerprint density at radius 1 is 1.20 bits per heavy atom. The molecular formula is C16H10F3N5O. The molecule has 0 saturated heterocycles. The number of hydrogen-bond donors (Lipinski definition) is 1. The first-order valence-electron chi connectivity index (χ1n) is 7.00. The Labute approximate surface area is 139 Å². The quantitative estimate of drug-likeness (QED) is 0.731. The first kappa shape index (κ1) is 16.4. The average molecular weight is 345 g/mol. The Hall–Kier alpha value is -3.41. The lowest BCUT2D eigenvalue weighted by molar-refractivity contribution is -0.141. The first-order valence-corrected chi connectivity index (χ1v) is 7.00. The zero-order valence-electron chi connectivity index (χ0n) is 12.8. The summed E-state index contributed by atoms with van der Waals surface area (Å²) in [4.78, 5) is 19.6. The molecule has 0 spiro atoms. The number of nitrogens with two attached hydrogens (primary N) is 1. The molecule has 2 heterocycles. The third kappa shape index (κ3) is 2.67. The minimum atomic E-state index is -4.68. The average Bonchev–Trinajstić information content (AvgIpc) is 2.55. The van der Waals surface area contributed by atoms with E-state index in [1.54, 1.807) is 6.92 Å². The number of nitriles is 1. The van der Waals surface area contributed by atoms with E-state index in [2.05, 4.69) is 9.97 Å².